The fourth-order valence-corrected chi connectivity index (χ4v) is 1.36. The minimum Gasteiger partial charge on any atom is -0.394 e. The van der Waals surface area contributed by atoms with Crippen molar-refractivity contribution in [2.45, 2.75) is 39.7 Å². The molecule has 112 valence electrons. The minimum absolute atomic E-state index is 0.0273. The molecule has 0 heterocycles. The van der Waals surface area contributed by atoms with Gasteiger partial charge in [0, 0.05) is 25.5 Å². The van der Waals surface area contributed by atoms with Crippen LogP contribution in [-0.4, -0.2) is 49.8 Å². The van der Waals surface area contributed by atoms with E-state index in [-0.39, 0.29) is 31.1 Å². The Balaban J connectivity index is 3.78. The zero-order chi connectivity index (χ0) is 14.9. The summed E-state index contributed by atoms with van der Waals surface area (Å²) in [6, 6.07) is -0.373. The fraction of sp³-hybridized carbons (Fsp3) is 0.846. The molecule has 0 rings (SSSR count). The van der Waals surface area contributed by atoms with Crippen LogP contribution in [0.5, 0.6) is 0 Å². The molecule has 0 aliphatic rings. The van der Waals surface area contributed by atoms with Crippen molar-refractivity contribution in [1.29, 1.82) is 0 Å². The molecule has 0 aromatic carbocycles. The standard InChI is InChI=1S/C13H26N2O4/c1-13(2,3)12(18)14-7-5-6-11(17)15-10(8-16)9-19-4/h10,16H,5-9H2,1-4H3,(H,14,18)(H,15,17). The number of nitrogens with one attached hydrogen (secondary N) is 2. The van der Waals surface area contributed by atoms with Gasteiger partial charge in [0.05, 0.1) is 19.3 Å². The number of hydrogen-bond donors (Lipinski definition) is 3. The van der Waals surface area contributed by atoms with Crippen molar-refractivity contribution < 1.29 is 19.4 Å². The first kappa shape index (κ1) is 17.9. The van der Waals surface area contributed by atoms with E-state index in [2.05, 4.69) is 10.6 Å². The maximum Gasteiger partial charge on any atom is 0.225 e. The van der Waals surface area contributed by atoms with Gasteiger partial charge in [-0.3, -0.25) is 9.59 Å². The molecule has 0 aliphatic carbocycles. The van der Waals surface area contributed by atoms with E-state index in [1.807, 2.05) is 20.8 Å². The molecular weight excluding hydrogens is 248 g/mol. The second-order valence-electron chi connectivity index (χ2n) is 5.51. The zero-order valence-corrected chi connectivity index (χ0v) is 12.3. The lowest BCUT2D eigenvalue weighted by Crippen LogP contribution is -2.41. The first-order valence-electron chi connectivity index (χ1n) is 6.48. The van der Waals surface area contributed by atoms with Gasteiger partial charge in [0.1, 0.15) is 0 Å². The van der Waals surface area contributed by atoms with E-state index < -0.39 is 5.41 Å². The van der Waals surface area contributed by atoms with Gasteiger partial charge >= 0.3 is 0 Å². The maximum atomic E-state index is 11.6. The van der Waals surface area contributed by atoms with Crippen LogP contribution in [0.15, 0.2) is 0 Å². The Hall–Kier alpha value is -1.14. The summed E-state index contributed by atoms with van der Waals surface area (Å²) in [5.74, 6) is -0.179. The van der Waals surface area contributed by atoms with Crippen LogP contribution in [-0.2, 0) is 14.3 Å². The number of methoxy groups -OCH3 is 1. The van der Waals surface area contributed by atoms with Gasteiger partial charge in [-0.05, 0) is 6.42 Å². The van der Waals surface area contributed by atoms with Crippen molar-refractivity contribution >= 4 is 11.8 Å². The molecule has 0 aromatic heterocycles. The van der Waals surface area contributed by atoms with Crippen LogP contribution in [0.3, 0.4) is 0 Å². The van der Waals surface area contributed by atoms with Crippen molar-refractivity contribution in [3.05, 3.63) is 0 Å². The van der Waals surface area contributed by atoms with Crippen LogP contribution >= 0.6 is 0 Å². The van der Waals surface area contributed by atoms with Crippen LogP contribution in [0, 0.1) is 5.41 Å². The summed E-state index contributed by atoms with van der Waals surface area (Å²) in [5, 5.41) is 14.4. The Bertz CT molecular complexity index is 287. The molecule has 1 atom stereocenters. The molecule has 0 radical (unpaired) electrons. The Morgan fingerprint density at radius 2 is 1.95 bits per heavy atom. The summed E-state index contributed by atoms with van der Waals surface area (Å²) in [5.41, 5.74) is -0.414. The molecule has 19 heavy (non-hydrogen) atoms. The third-order valence-corrected chi connectivity index (χ3v) is 2.50. The third kappa shape index (κ3) is 8.56. The topological polar surface area (TPSA) is 87.7 Å². The van der Waals surface area contributed by atoms with Crippen molar-refractivity contribution in [3.8, 4) is 0 Å². The lowest BCUT2D eigenvalue weighted by molar-refractivity contribution is -0.128. The Kier molecular flexibility index (Phi) is 8.34. The predicted molar refractivity (Wildman–Crippen MR) is 72.6 cm³/mol. The second kappa shape index (κ2) is 8.87. The number of amides is 2. The summed E-state index contributed by atoms with van der Waals surface area (Å²) < 4.78 is 4.86. The van der Waals surface area contributed by atoms with E-state index in [1.54, 1.807) is 0 Å². The van der Waals surface area contributed by atoms with Crippen molar-refractivity contribution in [2.24, 2.45) is 5.41 Å². The molecule has 0 spiro atoms. The van der Waals surface area contributed by atoms with Gasteiger partial charge in [0.15, 0.2) is 0 Å². The van der Waals surface area contributed by atoms with Crippen molar-refractivity contribution in [1.82, 2.24) is 10.6 Å². The zero-order valence-electron chi connectivity index (χ0n) is 12.3. The van der Waals surface area contributed by atoms with E-state index in [0.717, 1.165) is 0 Å². The lowest BCUT2D eigenvalue weighted by Gasteiger charge is -2.18. The molecule has 2 amide bonds. The molecule has 0 bridgehead atoms. The highest BCUT2D eigenvalue weighted by Gasteiger charge is 2.20. The molecule has 3 N–H and O–H groups in total. The lowest BCUT2D eigenvalue weighted by atomic mass is 9.96. The van der Waals surface area contributed by atoms with Gasteiger partial charge < -0.3 is 20.5 Å². The minimum atomic E-state index is -0.414. The third-order valence-electron chi connectivity index (χ3n) is 2.50. The summed E-state index contributed by atoms with van der Waals surface area (Å²) in [6.07, 6.45) is 0.878. The monoisotopic (exact) mass is 274 g/mol. The average Bonchev–Trinajstić information content (AvgIpc) is 2.32. The normalized spacial score (nSPS) is 12.9. The highest BCUT2D eigenvalue weighted by atomic mass is 16.5. The Labute approximate surface area is 114 Å². The molecule has 0 aromatic rings. The maximum absolute atomic E-state index is 11.6. The molecule has 1 unspecified atom stereocenters. The first-order chi connectivity index (χ1) is 8.81. The second-order valence-corrected chi connectivity index (χ2v) is 5.51. The van der Waals surface area contributed by atoms with E-state index >= 15 is 0 Å². The number of rotatable bonds is 8. The van der Waals surface area contributed by atoms with Crippen LogP contribution in [0.1, 0.15) is 33.6 Å². The summed E-state index contributed by atoms with van der Waals surface area (Å²) >= 11 is 0. The van der Waals surface area contributed by atoms with Crippen LogP contribution in [0.4, 0.5) is 0 Å². The van der Waals surface area contributed by atoms with Crippen LogP contribution in [0.2, 0.25) is 0 Å². The van der Waals surface area contributed by atoms with Crippen LogP contribution in [0.25, 0.3) is 0 Å². The average molecular weight is 274 g/mol. The summed E-state index contributed by atoms with van der Waals surface area (Å²) in [6.45, 7) is 6.11. The van der Waals surface area contributed by atoms with Crippen molar-refractivity contribution in [2.75, 3.05) is 26.9 Å². The largest absolute Gasteiger partial charge is 0.394 e. The number of aliphatic hydroxyl groups is 1. The molecule has 0 aliphatic heterocycles. The smallest absolute Gasteiger partial charge is 0.225 e. The van der Waals surface area contributed by atoms with E-state index in [4.69, 9.17) is 9.84 Å². The van der Waals surface area contributed by atoms with Gasteiger partial charge in [-0.25, -0.2) is 0 Å². The molecule has 0 saturated heterocycles. The highest BCUT2D eigenvalue weighted by Crippen LogP contribution is 2.12. The van der Waals surface area contributed by atoms with Crippen LogP contribution < -0.4 is 10.6 Å². The van der Waals surface area contributed by atoms with Gasteiger partial charge in [0.2, 0.25) is 11.8 Å². The van der Waals surface area contributed by atoms with E-state index in [0.29, 0.717) is 19.4 Å². The molecule has 0 fully saturated rings. The number of ether oxygens (including phenoxy) is 1. The summed E-state index contributed by atoms with van der Waals surface area (Å²) in [7, 11) is 1.51. The number of carbonyl (C=O) groups excluding carboxylic acids is 2. The van der Waals surface area contributed by atoms with Gasteiger partial charge in [-0.1, -0.05) is 20.8 Å². The predicted octanol–water partition coefficient (Wildman–Crippen LogP) is 0.0524. The van der Waals surface area contributed by atoms with Gasteiger partial charge in [-0.2, -0.15) is 0 Å². The first-order valence-corrected chi connectivity index (χ1v) is 6.48. The molecule has 6 nitrogen and oxygen atoms in total. The molecule has 0 saturated carbocycles. The number of hydrogen-bond acceptors (Lipinski definition) is 4. The number of carbonyl (C=O) groups is 2. The van der Waals surface area contributed by atoms with Gasteiger partial charge in [0.25, 0.3) is 0 Å². The highest BCUT2D eigenvalue weighted by molar-refractivity contribution is 5.81. The SMILES string of the molecule is COCC(CO)NC(=O)CCCNC(=O)C(C)(C)C. The molecule has 6 heteroatoms. The Morgan fingerprint density at radius 1 is 1.32 bits per heavy atom. The van der Waals surface area contributed by atoms with E-state index in [1.165, 1.54) is 7.11 Å². The fourth-order valence-electron chi connectivity index (χ4n) is 1.36. The number of aliphatic hydroxyl groups excluding tert-OH is 1. The van der Waals surface area contributed by atoms with Crippen molar-refractivity contribution in [3.63, 3.8) is 0 Å². The van der Waals surface area contributed by atoms with Gasteiger partial charge in [-0.15, -0.1) is 0 Å². The summed E-state index contributed by atoms with van der Waals surface area (Å²) in [4.78, 5) is 23.1. The Morgan fingerprint density at radius 3 is 2.42 bits per heavy atom. The van der Waals surface area contributed by atoms with E-state index in [9.17, 15) is 9.59 Å². The molecular formula is C13H26N2O4. The quantitative estimate of drug-likeness (QED) is 0.546.